The highest BCUT2D eigenvalue weighted by Crippen LogP contribution is 2.32. The van der Waals surface area contributed by atoms with Crippen LogP contribution in [-0.4, -0.2) is 55.1 Å². The van der Waals surface area contributed by atoms with E-state index in [0.717, 1.165) is 34.8 Å². The lowest BCUT2D eigenvalue weighted by Gasteiger charge is -2.23. The highest BCUT2D eigenvalue weighted by molar-refractivity contribution is 7.88. The third kappa shape index (κ3) is 2.95. The molecule has 3 rings (SSSR count). The number of anilines is 1. The summed E-state index contributed by atoms with van der Waals surface area (Å²) in [5, 5.41) is 3.20. The van der Waals surface area contributed by atoms with Crippen molar-refractivity contribution in [3.05, 3.63) is 16.8 Å². The molecule has 0 radical (unpaired) electrons. The van der Waals surface area contributed by atoms with Gasteiger partial charge in [-0.15, -0.1) is 11.3 Å². The molecule has 1 fully saturated rings. The van der Waals surface area contributed by atoms with E-state index < -0.39 is 10.0 Å². The Bertz CT molecular complexity index is 801. The van der Waals surface area contributed by atoms with Crippen molar-refractivity contribution >= 4 is 37.4 Å². The molecule has 0 bridgehead atoms. The van der Waals surface area contributed by atoms with E-state index in [1.807, 2.05) is 6.92 Å². The molecule has 1 aliphatic heterocycles. The molecular formula is C14H20N4O2S2. The predicted molar refractivity (Wildman–Crippen MR) is 90.1 cm³/mol. The van der Waals surface area contributed by atoms with Gasteiger partial charge in [0.15, 0.2) is 0 Å². The quantitative estimate of drug-likeness (QED) is 0.834. The highest BCUT2D eigenvalue weighted by Gasteiger charge is 2.24. The molecule has 2 aromatic rings. The Hall–Kier alpha value is -1.25. The van der Waals surface area contributed by atoms with Gasteiger partial charge < -0.3 is 4.90 Å². The Balaban J connectivity index is 1.96. The van der Waals surface area contributed by atoms with Crippen molar-refractivity contribution in [1.82, 2.24) is 14.3 Å². The average molecular weight is 340 g/mol. The number of thiophene rings is 1. The molecule has 0 saturated carbocycles. The minimum atomic E-state index is -3.13. The second-order valence-corrected chi connectivity index (χ2v) is 8.54. The van der Waals surface area contributed by atoms with Crippen LogP contribution in [0.2, 0.25) is 0 Å². The maximum absolute atomic E-state index is 11.7. The minimum absolute atomic E-state index is 0.507. The maximum atomic E-state index is 11.7. The number of hydrogen-bond acceptors (Lipinski definition) is 6. The van der Waals surface area contributed by atoms with E-state index in [0.29, 0.717) is 19.6 Å². The number of aryl methyl sites for hydroxylation is 2. The Kier molecular flexibility index (Phi) is 4.09. The first-order chi connectivity index (χ1) is 10.4. The van der Waals surface area contributed by atoms with Gasteiger partial charge >= 0.3 is 0 Å². The van der Waals surface area contributed by atoms with E-state index in [1.54, 1.807) is 15.6 Å². The lowest BCUT2D eigenvalue weighted by molar-refractivity contribution is 0.437. The molecule has 2 aromatic heterocycles. The van der Waals surface area contributed by atoms with Gasteiger partial charge in [-0.05, 0) is 31.2 Å². The van der Waals surface area contributed by atoms with Crippen molar-refractivity contribution in [1.29, 1.82) is 0 Å². The van der Waals surface area contributed by atoms with Crippen LogP contribution in [0, 0.1) is 13.8 Å². The van der Waals surface area contributed by atoms with Gasteiger partial charge in [0.25, 0.3) is 0 Å². The van der Waals surface area contributed by atoms with E-state index >= 15 is 0 Å². The van der Waals surface area contributed by atoms with E-state index in [-0.39, 0.29) is 0 Å². The molecule has 0 aromatic carbocycles. The Morgan fingerprint density at radius 3 is 2.64 bits per heavy atom. The summed E-state index contributed by atoms with van der Waals surface area (Å²) in [4.78, 5) is 12.3. The smallest absolute Gasteiger partial charge is 0.211 e. The van der Waals surface area contributed by atoms with E-state index in [2.05, 4.69) is 27.2 Å². The predicted octanol–water partition coefficient (Wildman–Crippen LogP) is 1.78. The normalized spacial score (nSPS) is 17.9. The van der Waals surface area contributed by atoms with Crippen LogP contribution < -0.4 is 4.90 Å². The van der Waals surface area contributed by atoms with Crippen LogP contribution in [0.1, 0.15) is 17.8 Å². The number of sulfonamides is 1. The van der Waals surface area contributed by atoms with Gasteiger partial charge in [-0.2, -0.15) is 0 Å². The fourth-order valence-electron chi connectivity index (χ4n) is 2.83. The van der Waals surface area contributed by atoms with Gasteiger partial charge in [0, 0.05) is 26.2 Å². The van der Waals surface area contributed by atoms with Crippen LogP contribution in [0.3, 0.4) is 0 Å². The Morgan fingerprint density at radius 1 is 1.14 bits per heavy atom. The molecule has 0 atom stereocenters. The molecule has 1 aliphatic rings. The van der Waals surface area contributed by atoms with Crippen molar-refractivity contribution in [3.63, 3.8) is 0 Å². The number of aromatic nitrogens is 2. The zero-order valence-electron chi connectivity index (χ0n) is 13.0. The summed E-state index contributed by atoms with van der Waals surface area (Å²) in [5.74, 6) is 1.70. The fourth-order valence-corrected chi connectivity index (χ4v) is 4.67. The lowest BCUT2D eigenvalue weighted by Crippen LogP contribution is -2.34. The third-order valence-electron chi connectivity index (χ3n) is 3.93. The van der Waals surface area contributed by atoms with Crippen LogP contribution >= 0.6 is 11.3 Å². The van der Waals surface area contributed by atoms with Crippen LogP contribution in [0.15, 0.2) is 5.38 Å². The Labute approximate surface area is 134 Å². The average Bonchev–Trinajstić information content (AvgIpc) is 2.66. The Morgan fingerprint density at radius 2 is 1.91 bits per heavy atom. The van der Waals surface area contributed by atoms with E-state index in [1.165, 1.54) is 11.8 Å². The zero-order valence-corrected chi connectivity index (χ0v) is 14.7. The number of hydrogen-bond donors (Lipinski definition) is 0. The van der Waals surface area contributed by atoms with Gasteiger partial charge in [0.05, 0.1) is 11.6 Å². The monoisotopic (exact) mass is 340 g/mol. The minimum Gasteiger partial charge on any atom is -0.355 e. The van der Waals surface area contributed by atoms with Crippen LogP contribution in [0.5, 0.6) is 0 Å². The van der Waals surface area contributed by atoms with Gasteiger partial charge in [0.1, 0.15) is 16.5 Å². The number of nitrogens with zero attached hydrogens (tertiary/aromatic N) is 4. The number of rotatable bonds is 2. The van der Waals surface area contributed by atoms with Crippen molar-refractivity contribution in [2.45, 2.75) is 20.3 Å². The SMILES string of the molecule is Cc1nc(N2CCCN(S(C)(=O)=O)CC2)c2c(C)csc2n1. The van der Waals surface area contributed by atoms with Crippen molar-refractivity contribution < 1.29 is 8.42 Å². The fraction of sp³-hybridized carbons (Fsp3) is 0.571. The van der Waals surface area contributed by atoms with Gasteiger partial charge in [-0.3, -0.25) is 0 Å². The zero-order chi connectivity index (χ0) is 15.9. The third-order valence-corrected chi connectivity index (χ3v) is 6.23. The molecule has 0 N–H and O–H groups in total. The first kappa shape index (κ1) is 15.6. The van der Waals surface area contributed by atoms with Gasteiger partial charge in [-0.1, -0.05) is 0 Å². The molecule has 1 saturated heterocycles. The summed E-state index contributed by atoms with van der Waals surface area (Å²) in [7, 11) is -3.13. The molecular weight excluding hydrogens is 320 g/mol. The van der Waals surface area contributed by atoms with Crippen molar-refractivity contribution in [2.24, 2.45) is 0 Å². The molecule has 0 spiro atoms. The molecule has 120 valence electrons. The summed E-state index contributed by atoms with van der Waals surface area (Å²) < 4.78 is 25.0. The maximum Gasteiger partial charge on any atom is 0.211 e. The second-order valence-electron chi connectivity index (χ2n) is 5.70. The first-order valence-electron chi connectivity index (χ1n) is 7.29. The molecule has 0 aliphatic carbocycles. The molecule has 8 heteroatoms. The molecule has 0 amide bonds. The summed E-state index contributed by atoms with van der Waals surface area (Å²) in [6.45, 7) is 6.53. The van der Waals surface area contributed by atoms with Crippen LogP contribution in [0.25, 0.3) is 10.2 Å². The molecule has 0 unspecified atom stereocenters. The molecule has 6 nitrogen and oxygen atoms in total. The van der Waals surface area contributed by atoms with E-state index in [4.69, 9.17) is 0 Å². The van der Waals surface area contributed by atoms with Crippen LogP contribution in [-0.2, 0) is 10.0 Å². The van der Waals surface area contributed by atoms with Crippen LogP contribution in [0.4, 0.5) is 5.82 Å². The standard InChI is InChI=1S/C14H20N4O2S2/c1-10-9-21-14-12(10)13(15-11(2)16-14)17-5-4-6-18(8-7-17)22(3,19)20/h9H,4-8H2,1-3H3. The number of fused-ring (bicyclic) bond motifs is 1. The summed E-state index contributed by atoms with van der Waals surface area (Å²) in [6.07, 6.45) is 2.08. The molecule has 22 heavy (non-hydrogen) atoms. The highest BCUT2D eigenvalue weighted by atomic mass is 32.2. The lowest BCUT2D eigenvalue weighted by atomic mass is 10.2. The first-order valence-corrected chi connectivity index (χ1v) is 10.0. The van der Waals surface area contributed by atoms with E-state index in [9.17, 15) is 8.42 Å². The summed E-state index contributed by atoms with van der Waals surface area (Å²) in [6, 6.07) is 0. The second kappa shape index (κ2) is 5.75. The summed E-state index contributed by atoms with van der Waals surface area (Å²) >= 11 is 1.63. The van der Waals surface area contributed by atoms with Crippen molar-refractivity contribution in [2.75, 3.05) is 37.3 Å². The molecule has 3 heterocycles. The largest absolute Gasteiger partial charge is 0.355 e. The topological polar surface area (TPSA) is 66.4 Å². The van der Waals surface area contributed by atoms with Crippen molar-refractivity contribution in [3.8, 4) is 0 Å². The van der Waals surface area contributed by atoms with Gasteiger partial charge in [-0.25, -0.2) is 22.7 Å². The summed E-state index contributed by atoms with van der Waals surface area (Å²) in [5.41, 5.74) is 1.18. The van der Waals surface area contributed by atoms with Gasteiger partial charge in [0.2, 0.25) is 10.0 Å².